The Labute approximate surface area is 169 Å². The minimum atomic E-state index is -4.46. The van der Waals surface area contributed by atoms with E-state index in [2.05, 4.69) is 11.4 Å². The summed E-state index contributed by atoms with van der Waals surface area (Å²) in [7, 11) is 0. The van der Waals surface area contributed by atoms with Crippen LogP contribution < -0.4 is 5.32 Å². The maximum absolute atomic E-state index is 13.3. The minimum Gasteiger partial charge on any atom is -0.351 e. The summed E-state index contributed by atoms with van der Waals surface area (Å²) in [6, 6.07) is 13.4. The van der Waals surface area contributed by atoms with Gasteiger partial charge in [0.1, 0.15) is 0 Å². The van der Waals surface area contributed by atoms with Gasteiger partial charge < -0.3 is 15.0 Å². The molecule has 0 amide bonds. The molecule has 0 radical (unpaired) electrons. The van der Waals surface area contributed by atoms with Crippen LogP contribution in [0.15, 0.2) is 48.5 Å². The lowest BCUT2D eigenvalue weighted by molar-refractivity contribution is -0.136. The van der Waals surface area contributed by atoms with Gasteiger partial charge in [-0.1, -0.05) is 30.3 Å². The quantitative estimate of drug-likeness (QED) is 0.515. The molecule has 1 saturated heterocycles. The van der Waals surface area contributed by atoms with E-state index >= 15 is 0 Å². The van der Waals surface area contributed by atoms with Crippen molar-refractivity contribution in [3.63, 3.8) is 0 Å². The van der Waals surface area contributed by atoms with Crippen LogP contribution in [0.1, 0.15) is 22.2 Å². The van der Waals surface area contributed by atoms with E-state index in [4.69, 9.17) is 17.0 Å². The van der Waals surface area contributed by atoms with Crippen molar-refractivity contribution in [1.29, 1.82) is 0 Å². The van der Waals surface area contributed by atoms with E-state index in [0.29, 0.717) is 13.2 Å². The molecule has 8 heteroatoms. The first kappa shape index (κ1) is 19.2. The number of anilines is 1. The third-order valence-corrected chi connectivity index (χ3v) is 6.37. The summed E-state index contributed by atoms with van der Waals surface area (Å²) in [5, 5.41) is 4.14. The first-order valence-electron chi connectivity index (χ1n) is 8.70. The van der Waals surface area contributed by atoms with Gasteiger partial charge in [-0.3, -0.25) is 0 Å². The van der Waals surface area contributed by atoms with Gasteiger partial charge in [-0.2, -0.15) is 13.2 Å². The number of halogens is 3. The summed E-state index contributed by atoms with van der Waals surface area (Å²) < 4.78 is 46.9. The molecule has 2 aromatic carbocycles. The number of thiocarbonyl (C=S) groups is 1. The van der Waals surface area contributed by atoms with Crippen LogP contribution in [0.25, 0.3) is 10.1 Å². The Morgan fingerprint density at radius 3 is 2.64 bits per heavy atom. The van der Waals surface area contributed by atoms with Gasteiger partial charge in [0.15, 0.2) is 11.3 Å². The number of para-hydroxylation sites is 1. The Kier molecular flexibility index (Phi) is 5.03. The maximum Gasteiger partial charge on any atom is 0.418 e. The molecular formula is C20H17F3N2OS2. The van der Waals surface area contributed by atoms with Gasteiger partial charge in [-0.15, -0.1) is 11.3 Å². The number of aryl methyl sites for hydroxylation is 1. The molecule has 1 atom stereocenters. The second-order valence-electron chi connectivity index (χ2n) is 6.48. The van der Waals surface area contributed by atoms with E-state index in [-0.39, 0.29) is 10.8 Å². The van der Waals surface area contributed by atoms with Crippen molar-refractivity contribution in [3.8, 4) is 0 Å². The molecule has 1 fully saturated rings. The third kappa shape index (κ3) is 3.47. The predicted octanol–water partition coefficient (Wildman–Crippen LogP) is 5.96. The second-order valence-corrected chi connectivity index (χ2v) is 7.95. The van der Waals surface area contributed by atoms with Gasteiger partial charge in [0.05, 0.1) is 22.7 Å². The fourth-order valence-electron chi connectivity index (χ4n) is 3.35. The van der Waals surface area contributed by atoms with Crippen LogP contribution in [0.2, 0.25) is 0 Å². The smallest absolute Gasteiger partial charge is 0.351 e. The molecule has 0 aliphatic carbocycles. The van der Waals surface area contributed by atoms with Crippen LogP contribution in [0.3, 0.4) is 0 Å². The highest BCUT2D eigenvalue weighted by molar-refractivity contribution is 7.80. The lowest BCUT2D eigenvalue weighted by atomic mass is 10.1. The molecule has 1 aliphatic rings. The Morgan fingerprint density at radius 2 is 1.89 bits per heavy atom. The van der Waals surface area contributed by atoms with Gasteiger partial charge in [-0.25, -0.2) is 0 Å². The number of hydrogen-bond donors (Lipinski definition) is 1. The molecule has 4 rings (SSSR count). The summed E-state index contributed by atoms with van der Waals surface area (Å²) in [6.45, 7) is 3.00. The molecule has 3 aromatic rings. The van der Waals surface area contributed by atoms with Crippen molar-refractivity contribution >= 4 is 44.4 Å². The van der Waals surface area contributed by atoms with Crippen molar-refractivity contribution in [1.82, 2.24) is 4.90 Å². The van der Waals surface area contributed by atoms with E-state index in [1.165, 1.54) is 12.1 Å². The molecular weight excluding hydrogens is 405 g/mol. The number of benzene rings is 2. The third-order valence-electron chi connectivity index (χ3n) is 4.73. The molecule has 28 heavy (non-hydrogen) atoms. The predicted molar refractivity (Wildman–Crippen MR) is 110 cm³/mol. The van der Waals surface area contributed by atoms with Gasteiger partial charge in [-0.05, 0) is 48.3 Å². The Morgan fingerprint density at radius 1 is 1.18 bits per heavy atom. The number of alkyl halides is 3. The topological polar surface area (TPSA) is 24.5 Å². The standard InChI is InChI=1S/C20H17F3N2OS2/c1-12-13-6-2-5-9-16(13)28-17(12)18-25(10-11-26-18)19(27)24-15-8-4-3-7-14(15)20(21,22)23/h2-9,18H,10-11H2,1H3,(H,24,27). The Hall–Kier alpha value is -2.16. The summed E-state index contributed by atoms with van der Waals surface area (Å²) in [4.78, 5) is 2.83. The van der Waals surface area contributed by atoms with Crippen molar-refractivity contribution in [2.75, 3.05) is 18.5 Å². The zero-order valence-electron chi connectivity index (χ0n) is 14.9. The SMILES string of the molecule is Cc1c(C2OCCN2C(=S)Nc2ccccc2C(F)(F)F)sc2ccccc12. The fraction of sp³-hybridized carbons (Fsp3) is 0.250. The fourth-order valence-corrected chi connectivity index (χ4v) is 4.92. The Balaban J connectivity index is 1.62. The van der Waals surface area contributed by atoms with E-state index in [1.54, 1.807) is 22.3 Å². The second kappa shape index (κ2) is 7.35. The van der Waals surface area contributed by atoms with E-state index in [1.807, 2.05) is 25.1 Å². The number of nitrogens with one attached hydrogen (secondary N) is 1. The van der Waals surface area contributed by atoms with Crippen molar-refractivity contribution < 1.29 is 17.9 Å². The van der Waals surface area contributed by atoms with Gasteiger partial charge in [0, 0.05) is 11.2 Å². The van der Waals surface area contributed by atoms with E-state index in [0.717, 1.165) is 26.6 Å². The van der Waals surface area contributed by atoms with Crippen LogP contribution in [0.4, 0.5) is 18.9 Å². The summed E-state index contributed by atoms with van der Waals surface area (Å²) >= 11 is 7.07. The molecule has 1 aliphatic heterocycles. The van der Waals surface area contributed by atoms with Crippen LogP contribution in [-0.2, 0) is 10.9 Å². The van der Waals surface area contributed by atoms with Crippen LogP contribution in [0.5, 0.6) is 0 Å². The van der Waals surface area contributed by atoms with Gasteiger partial charge in [0.25, 0.3) is 0 Å². The highest BCUT2D eigenvalue weighted by atomic mass is 32.1. The monoisotopic (exact) mass is 422 g/mol. The molecule has 0 saturated carbocycles. The van der Waals surface area contributed by atoms with Gasteiger partial charge >= 0.3 is 6.18 Å². The molecule has 1 N–H and O–H groups in total. The number of rotatable bonds is 2. The molecule has 146 valence electrons. The van der Waals surface area contributed by atoms with Crippen molar-refractivity contribution in [2.24, 2.45) is 0 Å². The van der Waals surface area contributed by atoms with Gasteiger partial charge in [0.2, 0.25) is 0 Å². The molecule has 1 aromatic heterocycles. The Bertz CT molecular complexity index is 1030. The number of hydrogen-bond acceptors (Lipinski definition) is 3. The molecule has 2 heterocycles. The minimum absolute atomic E-state index is 0.0567. The lowest BCUT2D eigenvalue weighted by Crippen LogP contribution is -2.35. The van der Waals surface area contributed by atoms with E-state index < -0.39 is 18.0 Å². The molecule has 3 nitrogen and oxygen atoms in total. The highest BCUT2D eigenvalue weighted by Gasteiger charge is 2.35. The largest absolute Gasteiger partial charge is 0.418 e. The zero-order valence-corrected chi connectivity index (χ0v) is 16.5. The average Bonchev–Trinajstić information content (AvgIpc) is 3.26. The van der Waals surface area contributed by atoms with Crippen molar-refractivity contribution in [3.05, 3.63) is 64.5 Å². The van der Waals surface area contributed by atoms with Crippen LogP contribution in [-0.4, -0.2) is 23.2 Å². The highest BCUT2D eigenvalue weighted by Crippen LogP contribution is 2.40. The number of thiophene rings is 1. The first-order valence-corrected chi connectivity index (χ1v) is 9.92. The molecule has 1 unspecified atom stereocenters. The number of ether oxygens (including phenoxy) is 1. The number of fused-ring (bicyclic) bond motifs is 1. The first-order chi connectivity index (χ1) is 13.4. The molecule has 0 spiro atoms. The number of nitrogens with zero attached hydrogens (tertiary/aromatic N) is 1. The summed E-state index contributed by atoms with van der Waals surface area (Å²) in [5.41, 5.74) is 0.307. The van der Waals surface area contributed by atoms with Crippen LogP contribution >= 0.6 is 23.6 Å². The lowest BCUT2D eigenvalue weighted by Gasteiger charge is -2.26. The summed E-state index contributed by atoms with van der Waals surface area (Å²) in [5.74, 6) is 0. The normalized spacial score (nSPS) is 17.3. The zero-order chi connectivity index (χ0) is 19.9. The molecule has 0 bridgehead atoms. The van der Waals surface area contributed by atoms with Crippen molar-refractivity contribution in [2.45, 2.75) is 19.3 Å². The average molecular weight is 422 g/mol. The van der Waals surface area contributed by atoms with E-state index in [9.17, 15) is 13.2 Å². The summed E-state index contributed by atoms with van der Waals surface area (Å²) in [6.07, 6.45) is -4.86. The van der Waals surface area contributed by atoms with Crippen LogP contribution in [0, 0.1) is 6.92 Å². The maximum atomic E-state index is 13.3.